The molecule has 0 bridgehead atoms. The molecule has 1 heterocycles. The van der Waals surface area contributed by atoms with Crippen LogP contribution in [0.3, 0.4) is 0 Å². The molecular formula is C10H12ClN3. The maximum Gasteiger partial charge on any atom is 0.0727 e. The lowest BCUT2D eigenvalue weighted by atomic mass is 10.1. The molecule has 0 amide bonds. The molecule has 1 aromatic heterocycles. The van der Waals surface area contributed by atoms with Gasteiger partial charge in [-0.05, 0) is 24.6 Å². The zero-order valence-corrected chi connectivity index (χ0v) is 8.97. The molecule has 0 aliphatic rings. The summed E-state index contributed by atoms with van der Waals surface area (Å²) < 4.78 is 1.85. The van der Waals surface area contributed by atoms with Gasteiger partial charge in [-0.15, -0.1) is 0 Å². The van der Waals surface area contributed by atoms with Gasteiger partial charge in [-0.2, -0.15) is 5.10 Å². The summed E-state index contributed by atoms with van der Waals surface area (Å²) in [4.78, 5) is 0. The lowest BCUT2D eigenvalue weighted by molar-refractivity contribution is 0.778. The first-order valence-electron chi connectivity index (χ1n) is 4.45. The molecule has 74 valence electrons. The van der Waals surface area contributed by atoms with Crippen LogP contribution in [0.1, 0.15) is 11.3 Å². The number of aryl methyl sites for hydroxylation is 2. The number of hydrogen-bond donors (Lipinski definition) is 1. The predicted molar refractivity (Wildman–Crippen MR) is 58.4 cm³/mol. The van der Waals surface area contributed by atoms with E-state index in [1.807, 2.05) is 30.8 Å². The number of rotatable bonds is 1. The van der Waals surface area contributed by atoms with E-state index in [1.54, 1.807) is 0 Å². The molecule has 0 atom stereocenters. The summed E-state index contributed by atoms with van der Waals surface area (Å²) in [5.41, 5.74) is 8.76. The van der Waals surface area contributed by atoms with Gasteiger partial charge in [-0.25, -0.2) is 0 Å². The van der Waals surface area contributed by atoms with E-state index in [9.17, 15) is 0 Å². The second-order valence-electron chi connectivity index (χ2n) is 3.37. The third-order valence-corrected chi connectivity index (χ3v) is 2.61. The first-order valence-corrected chi connectivity index (χ1v) is 4.83. The fraction of sp³-hybridized carbons (Fsp3) is 0.300. The Labute approximate surface area is 87.5 Å². The van der Waals surface area contributed by atoms with Gasteiger partial charge in [0, 0.05) is 24.0 Å². The van der Waals surface area contributed by atoms with Gasteiger partial charge < -0.3 is 5.73 Å². The summed E-state index contributed by atoms with van der Waals surface area (Å²) in [5.74, 6) is 0. The molecule has 0 saturated carbocycles. The number of nitrogens with two attached hydrogens (primary N) is 1. The molecule has 1 aromatic carbocycles. The van der Waals surface area contributed by atoms with Gasteiger partial charge in [0.25, 0.3) is 0 Å². The summed E-state index contributed by atoms with van der Waals surface area (Å²) in [5, 5.41) is 6.14. The number of halogens is 1. The van der Waals surface area contributed by atoms with Gasteiger partial charge in [0.1, 0.15) is 0 Å². The molecule has 3 nitrogen and oxygen atoms in total. The lowest BCUT2D eigenvalue weighted by Crippen LogP contribution is -2.00. The summed E-state index contributed by atoms with van der Waals surface area (Å²) in [6.07, 6.45) is 0. The van der Waals surface area contributed by atoms with Gasteiger partial charge in [0.05, 0.1) is 11.2 Å². The Morgan fingerprint density at radius 3 is 2.86 bits per heavy atom. The first kappa shape index (κ1) is 9.49. The third kappa shape index (κ3) is 1.29. The van der Waals surface area contributed by atoms with Crippen molar-refractivity contribution in [1.29, 1.82) is 0 Å². The average molecular weight is 210 g/mol. The first-order chi connectivity index (χ1) is 6.63. The predicted octanol–water partition coefficient (Wildman–Crippen LogP) is 1.99. The number of benzene rings is 1. The highest BCUT2D eigenvalue weighted by molar-refractivity contribution is 6.31. The van der Waals surface area contributed by atoms with E-state index >= 15 is 0 Å². The number of nitrogens with zero attached hydrogens (tertiary/aromatic N) is 2. The highest BCUT2D eigenvalue weighted by Gasteiger charge is 2.09. The van der Waals surface area contributed by atoms with Crippen LogP contribution in [0.4, 0.5) is 0 Å². The van der Waals surface area contributed by atoms with Crippen molar-refractivity contribution in [2.75, 3.05) is 0 Å². The topological polar surface area (TPSA) is 43.8 Å². The largest absolute Gasteiger partial charge is 0.326 e. The zero-order valence-electron chi connectivity index (χ0n) is 8.21. The molecule has 0 fully saturated rings. The number of fused-ring (bicyclic) bond motifs is 1. The average Bonchev–Trinajstić information content (AvgIpc) is 2.41. The van der Waals surface area contributed by atoms with Crippen molar-refractivity contribution in [1.82, 2.24) is 9.78 Å². The molecule has 2 N–H and O–H groups in total. The summed E-state index contributed by atoms with van der Waals surface area (Å²) in [6.45, 7) is 2.45. The molecule has 0 radical (unpaired) electrons. The Morgan fingerprint density at radius 2 is 2.21 bits per heavy atom. The maximum absolute atomic E-state index is 5.99. The van der Waals surface area contributed by atoms with E-state index < -0.39 is 0 Å². The van der Waals surface area contributed by atoms with Crippen LogP contribution in [-0.2, 0) is 13.6 Å². The molecular weight excluding hydrogens is 198 g/mol. The zero-order chi connectivity index (χ0) is 10.3. The van der Waals surface area contributed by atoms with Gasteiger partial charge in [0.15, 0.2) is 0 Å². The maximum atomic E-state index is 5.99. The van der Waals surface area contributed by atoms with Crippen molar-refractivity contribution in [2.24, 2.45) is 12.8 Å². The Bertz CT molecular complexity index is 488. The molecule has 0 saturated heterocycles. The third-order valence-electron chi connectivity index (χ3n) is 2.39. The van der Waals surface area contributed by atoms with E-state index in [1.165, 1.54) is 0 Å². The quantitative estimate of drug-likeness (QED) is 0.781. The number of aromatic nitrogens is 2. The lowest BCUT2D eigenvalue weighted by Gasteiger charge is -2.02. The van der Waals surface area contributed by atoms with E-state index in [4.69, 9.17) is 17.3 Å². The van der Waals surface area contributed by atoms with Crippen molar-refractivity contribution in [3.05, 3.63) is 28.4 Å². The second-order valence-corrected chi connectivity index (χ2v) is 3.81. The Kier molecular flexibility index (Phi) is 2.21. The summed E-state index contributed by atoms with van der Waals surface area (Å²) >= 11 is 5.99. The molecule has 4 heteroatoms. The SMILES string of the molecule is Cc1nn(C)c2c(CN)cc(Cl)cc12. The minimum Gasteiger partial charge on any atom is -0.326 e. The van der Waals surface area contributed by atoms with Crippen molar-refractivity contribution < 1.29 is 0 Å². The molecule has 0 aliphatic heterocycles. The smallest absolute Gasteiger partial charge is 0.0727 e. The van der Waals surface area contributed by atoms with E-state index in [2.05, 4.69) is 5.10 Å². The highest BCUT2D eigenvalue weighted by Crippen LogP contribution is 2.25. The summed E-state index contributed by atoms with van der Waals surface area (Å²) in [6, 6.07) is 3.82. The standard InChI is InChI=1S/C10H12ClN3/c1-6-9-4-8(11)3-7(5-12)10(9)14(2)13-6/h3-4H,5,12H2,1-2H3. The minimum atomic E-state index is 0.482. The molecule has 2 rings (SSSR count). The van der Waals surface area contributed by atoms with E-state index in [0.29, 0.717) is 11.6 Å². The van der Waals surface area contributed by atoms with Gasteiger partial charge in [-0.1, -0.05) is 11.6 Å². The van der Waals surface area contributed by atoms with E-state index in [-0.39, 0.29) is 0 Å². The van der Waals surface area contributed by atoms with Crippen molar-refractivity contribution in [3.8, 4) is 0 Å². The second kappa shape index (κ2) is 3.26. The molecule has 14 heavy (non-hydrogen) atoms. The fourth-order valence-electron chi connectivity index (χ4n) is 1.80. The van der Waals surface area contributed by atoms with Crippen LogP contribution in [-0.4, -0.2) is 9.78 Å². The molecule has 0 aliphatic carbocycles. The van der Waals surface area contributed by atoms with Crippen LogP contribution in [0.2, 0.25) is 5.02 Å². The molecule has 0 unspecified atom stereocenters. The number of hydrogen-bond acceptors (Lipinski definition) is 2. The van der Waals surface area contributed by atoms with E-state index in [0.717, 1.165) is 22.2 Å². The molecule has 0 spiro atoms. The van der Waals surface area contributed by atoms with Crippen molar-refractivity contribution in [2.45, 2.75) is 13.5 Å². The summed E-state index contributed by atoms with van der Waals surface area (Å²) in [7, 11) is 1.92. The highest BCUT2D eigenvalue weighted by atomic mass is 35.5. The van der Waals surface area contributed by atoms with Crippen molar-refractivity contribution >= 4 is 22.5 Å². The molecule has 2 aromatic rings. The Hall–Kier alpha value is -1.06. The van der Waals surface area contributed by atoms with Crippen LogP contribution in [0.15, 0.2) is 12.1 Å². The van der Waals surface area contributed by atoms with Gasteiger partial charge in [-0.3, -0.25) is 4.68 Å². The van der Waals surface area contributed by atoms with Gasteiger partial charge in [0.2, 0.25) is 0 Å². The van der Waals surface area contributed by atoms with Crippen LogP contribution >= 0.6 is 11.6 Å². The monoisotopic (exact) mass is 209 g/mol. The van der Waals surface area contributed by atoms with Crippen LogP contribution < -0.4 is 5.73 Å². The Morgan fingerprint density at radius 1 is 1.50 bits per heavy atom. The van der Waals surface area contributed by atoms with Crippen LogP contribution in [0, 0.1) is 6.92 Å². The fourth-order valence-corrected chi connectivity index (χ4v) is 2.04. The van der Waals surface area contributed by atoms with Gasteiger partial charge >= 0.3 is 0 Å². The van der Waals surface area contributed by atoms with Crippen LogP contribution in [0.5, 0.6) is 0 Å². The normalized spacial score (nSPS) is 11.1. The Balaban J connectivity index is 2.90. The van der Waals surface area contributed by atoms with Crippen LogP contribution in [0.25, 0.3) is 10.9 Å². The minimum absolute atomic E-state index is 0.482. The van der Waals surface area contributed by atoms with Crippen molar-refractivity contribution in [3.63, 3.8) is 0 Å².